The van der Waals surface area contributed by atoms with Gasteiger partial charge in [-0.05, 0) is 35.6 Å². The second kappa shape index (κ2) is 4.70. The Morgan fingerprint density at radius 2 is 2.00 bits per heavy atom. The molecule has 0 saturated heterocycles. The SMILES string of the molecule is [N-]=[N+]=Nc1nc2ccccc2n1C1CCCCC1. The minimum absolute atomic E-state index is 0.423. The lowest BCUT2D eigenvalue weighted by atomic mass is 9.95. The van der Waals surface area contributed by atoms with Gasteiger partial charge in [0, 0.05) is 11.0 Å². The summed E-state index contributed by atoms with van der Waals surface area (Å²) in [5.41, 5.74) is 10.7. The lowest BCUT2D eigenvalue weighted by Crippen LogP contribution is -2.12. The van der Waals surface area contributed by atoms with Crippen LogP contribution < -0.4 is 0 Å². The summed E-state index contributed by atoms with van der Waals surface area (Å²) < 4.78 is 2.12. The largest absolute Gasteiger partial charge is 0.319 e. The van der Waals surface area contributed by atoms with E-state index in [-0.39, 0.29) is 0 Å². The zero-order chi connectivity index (χ0) is 12.4. The summed E-state index contributed by atoms with van der Waals surface area (Å²) >= 11 is 0. The predicted octanol–water partition coefficient (Wildman–Crippen LogP) is 4.48. The number of hydrogen-bond acceptors (Lipinski definition) is 2. The molecule has 2 aromatic rings. The molecule has 5 heteroatoms. The molecule has 1 aromatic carbocycles. The summed E-state index contributed by atoms with van der Waals surface area (Å²) in [5.74, 6) is 0.505. The summed E-state index contributed by atoms with van der Waals surface area (Å²) in [6, 6.07) is 8.40. The van der Waals surface area contributed by atoms with Crippen LogP contribution in [0.1, 0.15) is 38.1 Å². The van der Waals surface area contributed by atoms with Crippen LogP contribution in [-0.2, 0) is 0 Å². The Morgan fingerprint density at radius 1 is 1.22 bits per heavy atom. The van der Waals surface area contributed by atoms with Crippen LogP contribution in [0.5, 0.6) is 0 Å². The van der Waals surface area contributed by atoms with E-state index in [0.717, 1.165) is 23.9 Å². The maximum atomic E-state index is 8.67. The molecule has 92 valence electrons. The van der Waals surface area contributed by atoms with Gasteiger partial charge < -0.3 is 4.57 Å². The average molecular weight is 241 g/mol. The minimum Gasteiger partial charge on any atom is -0.319 e. The van der Waals surface area contributed by atoms with Gasteiger partial charge in [0.05, 0.1) is 11.0 Å². The van der Waals surface area contributed by atoms with Gasteiger partial charge in [0.1, 0.15) is 0 Å². The number of aromatic nitrogens is 2. The molecule has 0 spiro atoms. The van der Waals surface area contributed by atoms with Gasteiger partial charge in [0.2, 0.25) is 0 Å². The van der Waals surface area contributed by atoms with E-state index in [1.165, 1.54) is 19.3 Å². The molecule has 3 rings (SSSR count). The van der Waals surface area contributed by atoms with Gasteiger partial charge in [-0.1, -0.05) is 31.4 Å². The second-order valence-corrected chi connectivity index (χ2v) is 4.75. The van der Waals surface area contributed by atoms with Crippen LogP contribution in [0.3, 0.4) is 0 Å². The van der Waals surface area contributed by atoms with E-state index in [0.29, 0.717) is 12.0 Å². The second-order valence-electron chi connectivity index (χ2n) is 4.75. The molecule has 5 nitrogen and oxygen atoms in total. The molecule has 0 radical (unpaired) electrons. The van der Waals surface area contributed by atoms with Gasteiger partial charge in [-0.15, -0.1) is 0 Å². The van der Waals surface area contributed by atoms with Crippen LogP contribution in [0, 0.1) is 0 Å². The van der Waals surface area contributed by atoms with E-state index in [2.05, 4.69) is 19.6 Å². The van der Waals surface area contributed by atoms with Gasteiger partial charge in [-0.3, -0.25) is 0 Å². The quantitative estimate of drug-likeness (QED) is 0.434. The highest BCUT2D eigenvalue weighted by molar-refractivity contribution is 5.78. The van der Waals surface area contributed by atoms with E-state index >= 15 is 0 Å². The minimum atomic E-state index is 0.423. The highest BCUT2D eigenvalue weighted by Gasteiger charge is 2.20. The lowest BCUT2D eigenvalue weighted by molar-refractivity contribution is 0.362. The standard InChI is InChI=1S/C13H15N5/c14-17-16-13-15-11-8-4-5-9-12(11)18(13)10-6-2-1-3-7-10/h4-5,8-10H,1-3,6-7H2. The smallest absolute Gasteiger partial charge is 0.198 e. The number of hydrogen-bond donors (Lipinski definition) is 0. The monoisotopic (exact) mass is 241 g/mol. The third-order valence-electron chi connectivity index (χ3n) is 3.65. The maximum absolute atomic E-state index is 8.67. The van der Waals surface area contributed by atoms with Gasteiger partial charge >= 0.3 is 0 Å². The van der Waals surface area contributed by atoms with Crippen LogP contribution in [0.2, 0.25) is 0 Å². The van der Waals surface area contributed by atoms with Gasteiger partial charge in [-0.25, -0.2) is 4.98 Å². The summed E-state index contributed by atoms with van der Waals surface area (Å²) in [5, 5.41) is 3.75. The number of azide groups is 1. The molecule has 1 saturated carbocycles. The Balaban J connectivity index is 2.16. The third-order valence-corrected chi connectivity index (χ3v) is 3.65. The fourth-order valence-corrected chi connectivity index (χ4v) is 2.84. The molecule has 0 aliphatic heterocycles. The van der Waals surface area contributed by atoms with Crippen molar-refractivity contribution in [3.63, 3.8) is 0 Å². The first-order valence-corrected chi connectivity index (χ1v) is 6.42. The van der Waals surface area contributed by atoms with Crippen molar-refractivity contribution in [1.82, 2.24) is 9.55 Å². The molecule has 1 aliphatic rings. The zero-order valence-corrected chi connectivity index (χ0v) is 10.2. The van der Waals surface area contributed by atoms with Gasteiger partial charge in [0.15, 0.2) is 5.95 Å². The number of rotatable bonds is 2. The number of imidazole rings is 1. The van der Waals surface area contributed by atoms with Crippen LogP contribution in [0.4, 0.5) is 5.95 Å². The Kier molecular flexibility index (Phi) is 2.90. The Morgan fingerprint density at radius 3 is 2.78 bits per heavy atom. The van der Waals surface area contributed by atoms with Crippen molar-refractivity contribution in [2.75, 3.05) is 0 Å². The van der Waals surface area contributed by atoms with E-state index in [1.807, 2.05) is 24.3 Å². The first-order valence-electron chi connectivity index (χ1n) is 6.42. The number of nitrogens with zero attached hydrogens (tertiary/aromatic N) is 5. The first kappa shape index (κ1) is 11.1. The molecule has 0 atom stereocenters. The van der Waals surface area contributed by atoms with Crippen LogP contribution in [-0.4, -0.2) is 9.55 Å². The summed E-state index contributed by atoms with van der Waals surface area (Å²) in [6.45, 7) is 0. The molecule has 1 heterocycles. The van der Waals surface area contributed by atoms with Crippen LogP contribution >= 0.6 is 0 Å². The Bertz CT molecular complexity index is 603. The molecular formula is C13H15N5. The molecule has 0 amide bonds. The van der Waals surface area contributed by atoms with Crippen LogP contribution in [0.25, 0.3) is 21.5 Å². The molecule has 1 fully saturated rings. The average Bonchev–Trinajstić information content (AvgIpc) is 2.78. The van der Waals surface area contributed by atoms with E-state index in [4.69, 9.17) is 5.53 Å². The topological polar surface area (TPSA) is 66.6 Å². The van der Waals surface area contributed by atoms with E-state index in [9.17, 15) is 0 Å². The Labute approximate surface area is 105 Å². The molecular weight excluding hydrogens is 226 g/mol. The van der Waals surface area contributed by atoms with Crippen molar-refractivity contribution < 1.29 is 0 Å². The van der Waals surface area contributed by atoms with Gasteiger partial charge in [0.25, 0.3) is 0 Å². The predicted molar refractivity (Wildman–Crippen MR) is 70.7 cm³/mol. The van der Waals surface area contributed by atoms with Crippen molar-refractivity contribution in [2.45, 2.75) is 38.1 Å². The van der Waals surface area contributed by atoms with Crippen molar-refractivity contribution in [2.24, 2.45) is 5.11 Å². The first-order chi connectivity index (χ1) is 8.90. The van der Waals surface area contributed by atoms with E-state index < -0.39 is 0 Å². The number of para-hydroxylation sites is 2. The van der Waals surface area contributed by atoms with Crippen molar-refractivity contribution >= 4 is 17.0 Å². The lowest BCUT2D eigenvalue weighted by Gasteiger charge is -2.24. The fraction of sp³-hybridized carbons (Fsp3) is 0.462. The molecule has 1 aromatic heterocycles. The normalized spacial score (nSPS) is 16.7. The highest BCUT2D eigenvalue weighted by atomic mass is 15.3. The number of fused-ring (bicyclic) bond motifs is 1. The Hall–Kier alpha value is -2.00. The fourth-order valence-electron chi connectivity index (χ4n) is 2.84. The zero-order valence-electron chi connectivity index (χ0n) is 10.2. The van der Waals surface area contributed by atoms with Crippen molar-refractivity contribution in [1.29, 1.82) is 0 Å². The van der Waals surface area contributed by atoms with Crippen molar-refractivity contribution in [3.8, 4) is 0 Å². The van der Waals surface area contributed by atoms with Gasteiger partial charge in [-0.2, -0.15) is 0 Å². The molecule has 0 N–H and O–H groups in total. The summed E-state index contributed by atoms with van der Waals surface area (Å²) in [7, 11) is 0. The summed E-state index contributed by atoms with van der Waals surface area (Å²) in [6.07, 6.45) is 6.09. The van der Waals surface area contributed by atoms with Crippen molar-refractivity contribution in [3.05, 3.63) is 34.7 Å². The maximum Gasteiger partial charge on any atom is 0.198 e. The molecule has 0 bridgehead atoms. The third kappa shape index (κ3) is 1.83. The highest BCUT2D eigenvalue weighted by Crippen LogP contribution is 2.34. The number of benzene rings is 1. The van der Waals surface area contributed by atoms with Crippen LogP contribution in [0.15, 0.2) is 29.4 Å². The molecule has 1 aliphatic carbocycles. The van der Waals surface area contributed by atoms with E-state index in [1.54, 1.807) is 0 Å². The molecule has 18 heavy (non-hydrogen) atoms. The summed E-state index contributed by atoms with van der Waals surface area (Å²) in [4.78, 5) is 7.32. The molecule has 0 unspecified atom stereocenters.